The fraction of sp³-hybridized carbons (Fsp3) is 0.200. The van der Waals surface area contributed by atoms with Crippen molar-refractivity contribution in [2.24, 2.45) is 0 Å². The SMILES string of the molecule is Nc1ccc(-c2nc3c(c(=O)[nH]2)CCN(Cc2cccc(O)c2Cl)C3)cc1. The average Bonchev–Trinajstić information content (AvgIpc) is 2.66. The van der Waals surface area contributed by atoms with Gasteiger partial charge >= 0.3 is 0 Å². The zero-order valence-electron chi connectivity index (χ0n) is 14.6. The Morgan fingerprint density at radius 3 is 2.78 bits per heavy atom. The number of nitrogens with zero attached hydrogens (tertiary/aromatic N) is 2. The van der Waals surface area contributed by atoms with Crippen molar-refractivity contribution in [3.05, 3.63) is 74.7 Å². The second-order valence-corrected chi connectivity index (χ2v) is 7.05. The summed E-state index contributed by atoms with van der Waals surface area (Å²) in [6.45, 7) is 1.86. The van der Waals surface area contributed by atoms with Crippen LogP contribution in [-0.4, -0.2) is 26.5 Å². The first-order valence-electron chi connectivity index (χ1n) is 8.68. The van der Waals surface area contributed by atoms with E-state index >= 15 is 0 Å². The highest BCUT2D eigenvalue weighted by atomic mass is 35.5. The number of H-pyrrole nitrogens is 1. The number of rotatable bonds is 3. The number of hydrogen-bond donors (Lipinski definition) is 3. The summed E-state index contributed by atoms with van der Waals surface area (Å²) in [7, 11) is 0. The van der Waals surface area contributed by atoms with E-state index in [4.69, 9.17) is 17.3 Å². The smallest absolute Gasteiger partial charge is 0.254 e. The lowest BCUT2D eigenvalue weighted by molar-refractivity contribution is 0.240. The lowest BCUT2D eigenvalue weighted by Gasteiger charge is -2.28. The number of aromatic amines is 1. The molecule has 0 fully saturated rings. The Labute approximate surface area is 161 Å². The Balaban J connectivity index is 1.62. The van der Waals surface area contributed by atoms with Gasteiger partial charge < -0.3 is 15.8 Å². The first kappa shape index (κ1) is 17.6. The van der Waals surface area contributed by atoms with Gasteiger partial charge in [0.15, 0.2) is 0 Å². The van der Waals surface area contributed by atoms with Gasteiger partial charge in [0.05, 0.1) is 10.7 Å². The largest absolute Gasteiger partial charge is 0.506 e. The molecule has 138 valence electrons. The number of hydrogen-bond acceptors (Lipinski definition) is 5. The van der Waals surface area contributed by atoms with Gasteiger partial charge in [0.2, 0.25) is 0 Å². The molecule has 6 nitrogen and oxygen atoms in total. The maximum atomic E-state index is 12.5. The molecule has 0 amide bonds. The highest BCUT2D eigenvalue weighted by Gasteiger charge is 2.22. The van der Waals surface area contributed by atoms with Crippen molar-refractivity contribution in [2.75, 3.05) is 12.3 Å². The number of nitrogens with one attached hydrogen (secondary N) is 1. The molecule has 0 saturated carbocycles. The molecule has 0 saturated heterocycles. The Hall–Kier alpha value is -2.83. The number of nitrogen functional groups attached to an aromatic ring is 1. The molecular weight excluding hydrogens is 364 g/mol. The van der Waals surface area contributed by atoms with Crippen LogP contribution in [0.15, 0.2) is 47.3 Å². The van der Waals surface area contributed by atoms with Crippen LogP contribution in [-0.2, 0) is 19.5 Å². The van der Waals surface area contributed by atoms with E-state index in [1.165, 1.54) is 0 Å². The number of phenols is 1. The summed E-state index contributed by atoms with van der Waals surface area (Å²) in [6.07, 6.45) is 0.621. The lowest BCUT2D eigenvalue weighted by atomic mass is 10.0. The predicted molar refractivity (Wildman–Crippen MR) is 106 cm³/mol. The Morgan fingerprint density at radius 1 is 1.22 bits per heavy atom. The number of nitrogens with two attached hydrogens (primary N) is 1. The monoisotopic (exact) mass is 382 g/mol. The Bertz CT molecular complexity index is 1050. The highest BCUT2D eigenvalue weighted by Crippen LogP contribution is 2.29. The van der Waals surface area contributed by atoms with Crippen LogP contribution in [0.1, 0.15) is 16.8 Å². The molecule has 7 heteroatoms. The number of aromatic nitrogens is 2. The summed E-state index contributed by atoms with van der Waals surface area (Å²) in [4.78, 5) is 22.2. The van der Waals surface area contributed by atoms with Crippen molar-refractivity contribution >= 4 is 17.3 Å². The number of aromatic hydroxyl groups is 1. The molecule has 27 heavy (non-hydrogen) atoms. The third-order valence-corrected chi connectivity index (χ3v) is 5.23. The van der Waals surface area contributed by atoms with Gasteiger partial charge in [0.25, 0.3) is 5.56 Å². The number of phenolic OH excluding ortho intramolecular Hbond substituents is 1. The van der Waals surface area contributed by atoms with E-state index in [-0.39, 0.29) is 11.3 Å². The van der Waals surface area contributed by atoms with E-state index in [9.17, 15) is 9.90 Å². The number of halogens is 1. The molecule has 0 unspecified atom stereocenters. The zero-order chi connectivity index (χ0) is 19.0. The lowest BCUT2D eigenvalue weighted by Crippen LogP contribution is -2.35. The first-order valence-corrected chi connectivity index (χ1v) is 9.06. The Morgan fingerprint density at radius 2 is 2.00 bits per heavy atom. The molecule has 0 spiro atoms. The van der Waals surface area contributed by atoms with Crippen LogP contribution < -0.4 is 11.3 Å². The standard InChI is InChI=1S/C20H19ClN4O2/c21-18-13(2-1-3-17(18)26)10-25-9-8-15-16(11-25)23-19(24-20(15)27)12-4-6-14(22)7-5-12/h1-7,26H,8-11,22H2,(H,23,24,27). The second-order valence-electron chi connectivity index (χ2n) is 6.67. The molecule has 1 aliphatic heterocycles. The third-order valence-electron chi connectivity index (χ3n) is 4.79. The first-order chi connectivity index (χ1) is 13.0. The van der Waals surface area contributed by atoms with Crippen molar-refractivity contribution in [1.82, 2.24) is 14.9 Å². The minimum atomic E-state index is -0.0955. The summed E-state index contributed by atoms with van der Waals surface area (Å²) in [6, 6.07) is 12.5. The van der Waals surface area contributed by atoms with Crippen molar-refractivity contribution in [1.29, 1.82) is 0 Å². The fourth-order valence-corrected chi connectivity index (χ4v) is 3.52. The van der Waals surface area contributed by atoms with Crippen LogP contribution in [0.25, 0.3) is 11.4 Å². The molecule has 0 bridgehead atoms. The predicted octanol–water partition coefficient (Wildman–Crippen LogP) is 2.94. The van der Waals surface area contributed by atoms with Crippen molar-refractivity contribution in [3.63, 3.8) is 0 Å². The Kier molecular flexibility index (Phi) is 4.59. The van der Waals surface area contributed by atoms with Gasteiger partial charge in [-0.15, -0.1) is 0 Å². The van der Waals surface area contributed by atoms with Gasteiger partial charge in [-0.2, -0.15) is 0 Å². The van der Waals surface area contributed by atoms with Crippen molar-refractivity contribution in [3.8, 4) is 17.1 Å². The molecule has 0 atom stereocenters. The average molecular weight is 383 g/mol. The molecule has 2 heterocycles. The van der Waals surface area contributed by atoms with Gasteiger partial charge in [-0.1, -0.05) is 23.7 Å². The molecule has 2 aromatic carbocycles. The third kappa shape index (κ3) is 3.54. The van der Waals surface area contributed by atoms with E-state index in [2.05, 4.69) is 14.9 Å². The minimum Gasteiger partial charge on any atom is -0.506 e. The summed E-state index contributed by atoms with van der Waals surface area (Å²) in [5.41, 5.74) is 9.47. The molecule has 3 aromatic rings. The maximum absolute atomic E-state index is 12.5. The van der Waals surface area contributed by atoms with E-state index in [1.807, 2.05) is 18.2 Å². The molecule has 1 aliphatic rings. The highest BCUT2D eigenvalue weighted by molar-refractivity contribution is 6.32. The van der Waals surface area contributed by atoms with Crippen LogP contribution >= 0.6 is 11.6 Å². The van der Waals surface area contributed by atoms with Crippen LogP contribution in [0.2, 0.25) is 5.02 Å². The van der Waals surface area contributed by atoms with Crippen LogP contribution in [0.4, 0.5) is 5.69 Å². The molecule has 4 N–H and O–H groups in total. The van der Waals surface area contributed by atoms with Crippen molar-refractivity contribution in [2.45, 2.75) is 19.5 Å². The van der Waals surface area contributed by atoms with E-state index in [0.29, 0.717) is 36.0 Å². The van der Waals surface area contributed by atoms with Crippen LogP contribution in [0, 0.1) is 0 Å². The zero-order valence-corrected chi connectivity index (χ0v) is 15.3. The summed E-state index contributed by atoms with van der Waals surface area (Å²) < 4.78 is 0. The topological polar surface area (TPSA) is 95.2 Å². The molecule has 0 radical (unpaired) electrons. The van der Waals surface area contributed by atoms with Crippen molar-refractivity contribution < 1.29 is 5.11 Å². The second kappa shape index (κ2) is 7.06. The minimum absolute atomic E-state index is 0.0757. The number of fused-ring (bicyclic) bond motifs is 1. The molecular formula is C20H19ClN4O2. The van der Waals surface area contributed by atoms with E-state index in [0.717, 1.165) is 28.9 Å². The van der Waals surface area contributed by atoms with Gasteiger partial charge in [-0.3, -0.25) is 9.69 Å². The summed E-state index contributed by atoms with van der Waals surface area (Å²) in [5, 5.41) is 10.2. The van der Waals surface area contributed by atoms with Gasteiger partial charge in [0, 0.05) is 36.4 Å². The molecule has 0 aliphatic carbocycles. The molecule has 1 aromatic heterocycles. The fourth-order valence-electron chi connectivity index (χ4n) is 3.34. The normalized spacial score (nSPS) is 14.1. The van der Waals surface area contributed by atoms with Gasteiger partial charge in [0.1, 0.15) is 11.6 Å². The quantitative estimate of drug-likeness (QED) is 0.605. The molecule has 4 rings (SSSR count). The number of benzene rings is 2. The van der Waals surface area contributed by atoms with E-state index in [1.54, 1.807) is 24.3 Å². The summed E-state index contributed by atoms with van der Waals surface area (Å²) in [5.74, 6) is 0.614. The summed E-state index contributed by atoms with van der Waals surface area (Å²) >= 11 is 6.20. The van der Waals surface area contributed by atoms with Gasteiger partial charge in [-0.05, 0) is 42.3 Å². The van der Waals surface area contributed by atoms with Crippen LogP contribution in [0.3, 0.4) is 0 Å². The number of anilines is 1. The maximum Gasteiger partial charge on any atom is 0.254 e. The van der Waals surface area contributed by atoms with Gasteiger partial charge in [-0.25, -0.2) is 4.98 Å². The van der Waals surface area contributed by atoms with E-state index < -0.39 is 0 Å². The van der Waals surface area contributed by atoms with Crippen LogP contribution in [0.5, 0.6) is 5.75 Å².